The van der Waals surface area contributed by atoms with Crippen molar-refractivity contribution in [3.63, 3.8) is 0 Å². The first kappa shape index (κ1) is 22.7. The maximum atomic E-state index is 11.4. The zero-order valence-corrected chi connectivity index (χ0v) is 21.2. The van der Waals surface area contributed by atoms with Crippen LogP contribution in [0.3, 0.4) is 0 Å². The van der Waals surface area contributed by atoms with Crippen LogP contribution in [0.4, 0.5) is 0 Å². The largest absolute Gasteiger partial charge is 0.481 e. The van der Waals surface area contributed by atoms with Crippen molar-refractivity contribution >= 4 is 57.3 Å². The molecule has 2 aliphatic rings. The van der Waals surface area contributed by atoms with Gasteiger partial charge in [0.25, 0.3) is 0 Å². The molecule has 0 bridgehead atoms. The number of likely N-dealkylation sites (tertiary alicyclic amines) is 1. The maximum absolute atomic E-state index is 11.4. The van der Waals surface area contributed by atoms with Crippen LogP contribution >= 0.6 is 0 Å². The fourth-order valence-corrected chi connectivity index (χ4v) is 6.29. The van der Waals surface area contributed by atoms with E-state index in [0.717, 1.165) is 38.9 Å². The first-order valence-electron chi connectivity index (χ1n) is 11.6. The number of nitrogens with zero attached hydrogens (tertiary/aromatic N) is 1. The van der Waals surface area contributed by atoms with Crippen molar-refractivity contribution in [3.05, 3.63) is 83.4 Å². The number of aromatic amines is 1. The minimum atomic E-state index is -0.688. The van der Waals surface area contributed by atoms with Gasteiger partial charge in [0.15, 0.2) is 0 Å². The van der Waals surface area contributed by atoms with Crippen molar-refractivity contribution in [2.75, 3.05) is 13.1 Å². The molecule has 4 nitrogen and oxygen atoms in total. The molecule has 0 amide bonds. The molecule has 163 valence electrons. The average molecular weight is 448 g/mol. The van der Waals surface area contributed by atoms with Gasteiger partial charge in [-0.15, -0.1) is 0 Å². The van der Waals surface area contributed by atoms with Crippen LogP contribution in [0.5, 0.6) is 0 Å². The fraction of sp³-hybridized carbons (Fsp3) is 0.321. The van der Waals surface area contributed by atoms with Crippen LogP contribution in [0.2, 0.25) is 0 Å². The molecule has 1 atom stereocenters. The molecule has 2 heterocycles. The van der Waals surface area contributed by atoms with Gasteiger partial charge in [0.2, 0.25) is 0 Å². The second-order valence-electron chi connectivity index (χ2n) is 9.69. The summed E-state index contributed by atoms with van der Waals surface area (Å²) in [5.74, 6) is -0.536. The van der Waals surface area contributed by atoms with E-state index >= 15 is 0 Å². The molecule has 1 spiro atoms. The second-order valence-corrected chi connectivity index (χ2v) is 9.69. The van der Waals surface area contributed by atoms with Gasteiger partial charge >= 0.3 is 5.97 Å². The molecule has 3 aromatic carbocycles. The van der Waals surface area contributed by atoms with Crippen molar-refractivity contribution < 1.29 is 9.90 Å². The van der Waals surface area contributed by atoms with Crippen LogP contribution in [-0.2, 0) is 16.8 Å². The Morgan fingerprint density at radius 1 is 0.970 bits per heavy atom. The van der Waals surface area contributed by atoms with Gasteiger partial charge in [-0.3, -0.25) is 9.69 Å². The number of carboxylic acids is 1. The summed E-state index contributed by atoms with van der Waals surface area (Å²) in [5.41, 5.74) is 6.57. The van der Waals surface area contributed by atoms with Gasteiger partial charge in [0.05, 0.1) is 6.42 Å². The minimum absolute atomic E-state index is 0. The SMILES string of the molecule is O=C(O)CC1CC2(CCN(Cc3ccc4c(c3)[nH]c3ccccc34)CC2)c2ccccc21.[Na]. The van der Waals surface area contributed by atoms with Crippen LogP contribution in [0.25, 0.3) is 21.8 Å². The van der Waals surface area contributed by atoms with Gasteiger partial charge in [-0.25, -0.2) is 0 Å². The van der Waals surface area contributed by atoms with Crippen molar-refractivity contribution in [2.45, 2.75) is 43.6 Å². The standard InChI is InChI=1S/C28H28N2O2.Na/c31-27(32)16-20-17-28(24-7-3-1-5-21(20)24)11-13-30(14-12-28)18-19-9-10-23-22-6-2-4-8-25(22)29-26(23)15-19;/h1-10,15,20,29H,11-14,16-18H2,(H,31,32);. The van der Waals surface area contributed by atoms with E-state index in [0.29, 0.717) is 0 Å². The quantitative estimate of drug-likeness (QED) is 0.410. The minimum Gasteiger partial charge on any atom is -0.481 e. The Kier molecular flexibility index (Phi) is 6.13. The molecule has 1 fully saturated rings. The summed E-state index contributed by atoms with van der Waals surface area (Å²) in [6.07, 6.45) is 3.43. The van der Waals surface area contributed by atoms with Crippen LogP contribution in [0, 0.1) is 0 Å². The van der Waals surface area contributed by atoms with E-state index in [9.17, 15) is 9.90 Å². The first-order valence-corrected chi connectivity index (χ1v) is 11.6. The number of carbonyl (C=O) groups is 1. The Labute approximate surface area is 216 Å². The molecule has 2 N–H and O–H groups in total. The molecular formula is C28H28N2NaO2. The van der Waals surface area contributed by atoms with E-state index in [1.807, 2.05) is 0 Å². The number of benzene rings is 3. The van der Waals surface area contributed by atoms with E-state index in [4.69, 9.17) is 0 Å². The van der Waals surface area contributed by atoms with Crippen LogP contribution in [0.15, 0.2) is 66.7 Å². The maximum Gasteiger partial charge on any atom is 0.303 e. The zero-order chi connectivity index (χ0) is 21.7. The summed E-state index contributed by atoms with van der Waals surface area (Å²) < 4.78 is 0. The van der Waals surface area contributed by atoms with E-state index in [2.05, 4.69) is 76.6 Å². The van der Waals surface area contributed by atoms with Gasteiger partial charge in [0, 0.05) is 57.9 Å². The fourth-order valence-electron chi connectivity index (χ4n) is 6.29. The summed E-state index contributed by atoms with van der Waals surface area (Å²) in [6, 6.07) is 23.9. The summed E-state index contributed by atoms with van der Waals surface area (Å²) in [6.45, 7) is 3.07. The number of carboxylic acid groups (broad SMARTS) is 1. The van der Waals surface area contributed by atoms with E-state index < -0.39 is 5.97 Å². The van der Waals surface area contributed by atoms with E-state index in [1.54, 1.807) is 0 Å². The Morgan fingerprint density at radius 3 is 2.52 bits per heavy atom. The van der Waals surface area contributed by atoms with Crippen LogP contribution < -0.4 is 0 Å². The van der Waals surface area contributed by atoms with Gasteiger partial charge in [0.1, 0.15) is 0 Å². The number of hydrogen-bond donors (Lipinski definition) is 2. The van der Waals surface area contributed by atoms with Crippen molar-refractivity contribution in [2.24, 2.45) is 0 Å². The monoisotopic (exact) mass is 447 g/mol. The van der Waals surface area contributed by atoms with Crippen LogP contribution in [-0.4, -0.2) is 63.6 Å². The third-order valence-corrected chi connectivity index (χ3v) is 7.82. The van der Waals surface area contributed by atoms with E-state index in [-0.39, 0.29) is 47.3 Å². The number of hydrogen-bond acceptors (Lipinski definition) is 2. The van der Waals surface area contributed by atoms with Gasteiger partial charge < -0.3 is 10.1 Å². The number of aromatic nitrogens is 1. The smallest absolute Gasteiger partial charge is 0.303 e. The number of fused-ring (bicyclic) bond motifs is 5. The number of rotatable bonds is 4. The Hall–Kier alpha value is -2.11. The molecule has 6 rings (SSSR count). The Balaban J connectivity index is 0.00000228. The summed E-state index contributed by atoms with van der Waals surface area (Å²) in [7, 11) is 0. The number of piperidine rings is 1. The zero-order valence-electron chi connectivity index (χ0n) is 19.2. The summed E-state index contributed by atoms with van der Waals surface area (Å²) >= 11 is 0. The predicted molar refractivity (Wildman–Crippen MR) is 134 cm³/mol. The first-order chi connectivity index (χ1) is 15.6. The number of para-hydroxylation sites is 1. The average Bonchev–Trinajstić information content (AvgIpc) is 3.31. The summed E-state index contributed by atoms with van der Waals surface area (Å²) in [5, 5.41) is 12.0. The summed E-state index contributed by atoms with van der Waals surface area (Å²) in [4.78, 5) is 17.5. The Bertz CT molecular complexity index is 1320. The van der Waals surface area contributed by atoms with Crippen LogP contribution in [0.1, 0.15) is 48.3 Å². The number of H-pyrrole nitrogens is 1. The second kappa shape index (κ2) is 8.92. The van der Waals surface area contributed by atoms with Crippen molar-refractivity contribution in [1.82, 2.24) is 9.88 Å². The van der Waals surface area contributed by atoms with Gasteiger partial charge in [-0.05, 0) is 72.5 Å². The number of aliphatic carboxylic acids is 1. The van der Waals surface area contributed by atoms with Gasteiger partial charge in [-0.1, -0.05) is 54.6 Å². The molecule has 1 aromatic heterocycles. The molecule has 0 saturated carbocycles. The predicted octanol–water partition coefficient (Wildman–Crippen LogP) is 5.44. The topological polar surface area (TPSA) is 56.3 Å². The molecule has 1 radical (unpaired) electrons. The molecule has 33 heavy (non-hydrogen) atoms. The molecule has 4 aromatic rings. The Morgan fingerprint density at radius 2 is 1.70 bits per heavy atom. The van der Waals surface area contributed by atoms with E-state index in [1.165, 1.54) is 38.5 Å². The molecule has 1 aliphatic carbocycles. The normalized spacial score (nSPS) is 19.6. The molecular weight excluding hydrogens is 419 g/mol. The van der Waals surface area contributed by atoms with Crippen molar-refractivity contribution in [1.29, 1.82) is 0 Å². The molecule has 1 saturated heterocycles. The third-order valence-electron chi connectivity index (χ3n) is 7.82. The molecule has 1 unspecified atom stereocenters. The molecule has 1 aliphatic heterocycles. The number of nitrogens with one attached hydrogen (secondary N) is 1. The third kappa shape index (κ3) is 4.04. The molecule has 5 heteroatoms. The van der Waals surface area contributed by atoms with Crippen molar-refractivity contribution in [3.8, 4) is 0 Å². The van der Waals surface area contributed by atoms with Gasteiger partial charge in [-0.2, -0.15) is 0 Å².